The molecule has 3 aromatic carbocycles. The molecule has 1 heterocycles. The van der Waals surface area contributed by atoms with E-state index in [1.807, 2.05) is 42.5 Å². The second-order valence-electron chi connectivity index (χ2n) is 9.96. The molecular formula is C31H33F2NO4. The normalized spacial score (nSPS) is 13.4. The Hall–Kier alpha value is -3.71. The molecule has 0 saturated heterocycles. The fourth-order valence-electron chi connectivity index (χ4n) is 4.61. The highest BCUT2D eigenvalue weighted by Gasteiger charge is 2.29. The number of phenols is 1. The number of aromatic hydroxyl groups is 1. The van der Waals surface area contributed by atoms with E-state index in [1.54, 1.807) is 24.3 Å². The van der Waals surface area contributed by atoms with E-state index >= 15 is 0 Å². The number of nitrogens with one attached hydrogen (secondary N) is 1. The summed E-state index contributed by atoms with van der Waals surface area (Å²) in [5, 5.41) is 21.5. The largest absolute Gasteiger partial charge is 0.506 e. The van der Waals surface area contributed by atoms with Crippen molar-refractivity contribution in [2.45, 2.75) is 51.1 Å². The number of H-pyrrole nitrogens is 1. The van der Waals surface area contributed by atoms with Gasteiger partial charge in [0.05, 0.1) is 11.6 Å². The van der Waals surface area contributed by atoms with Gasteiger partial charge in [-0.05, 0) is 72.6 Å². The monoisotopic (exact) mass is 521 g/mol. The van der Waals surface area contributed by atoms with E-state index in [2.05, 4.69) is 11.9 Å². The Bertz CT molecular complexity index is 1390. The Morgan fingerprint density at radius 2 is 1.66 bits per heavy atom. The van der Waals surface area contributed by atoms with E-state index in [0.717, 1.165) is 24.0 Å². The van der Waals surface area contributed by atoms with Gasteiger partial charge in [0.1, 0.15) is 11.5 Å². The first-order valence-electron chi connectivity index (χ1n) is 12.9. The van der Waals surface area contributed by atoms with Crippen molar-refractivity contribution in [3.05, 3.63) is 106 Å². The molecule has 7 heteroatoms. The second kappa shape index (κ2) is 12.2. The van der Waals surface area contributed by atoms with E-state index in [1.165, 1.54) is 12.1 Å². The van der Waals surface area contributed by atoms with Crippen LogP contribution in [-0.4, -0.2) is 27.7 Å². The van der Waals surface area contributed by atoms with Crippen molar-refractivity contribution in [1.29, 1.82) is 0 Å². The maximum absolute atomic E-state index is 14.3. The van der Waals surface area contributed by atoms with Crippen molar-refractivity contribution in [3.63, 3.8) is 0 Å². The summed E-state index contributed by atoms with van der Waals surface area (Å²) in [6.45, 7) is 1.43. The van der Waals surface area contributed by atoms with Crippen molar-refractivity contribution in [2.24, 2.45) is 5.92 Å². The molecule has 3 N–H and O–H groups in total. The van der Waals surface area contributed by atoms with Crippen molar-refractivity contribution in [3.8, 4) is 11.5 Å². The maximum atomic E-state index is 14.3. The zero-order valence-corrected chi connectivity index (χ0v) is 21.4. The van der Waals surface area contributed by atoms with Crippen LogP contribution in [0.4, 0.5) is 8.78 Å². The quantitative estimate of drug-likeness (QED) is 0.197. The number of hydrogen-bond donors (Lipinski definition) is 3. The third kappa shape index (κ3) is 7.42. The van der Waals surface area contributed by atoms with Crippen LogP contribution in [0.5, 0.6) is 11.5 Å². The summed E-state index contributed by atoms with van der Waals surface area (Å²) in [6.07, 6.45) is 1.31. The van der Waals surface area contributed by atoms with E-state index < -0.39 is 18.6 Å². The zero-order valence-electron chi connectivity index (χ0n) is 21.4. The Kier molecular flexibility index (Phi) is 8.79. The molecule has 0 aliphatic carbocycles. The van der Waals surface area contributed by atoms with Gasteiger partial charge >= 0.3 is 0 Å². The number of phenolic OH excluding ortho intramolecular Hbond substituents is 1. The highest BCUT2D eigenvalue weighted by molar-refractivity contribution is 5.87. The number of aromatic nitrogens is 1. The summed E-state index contributed by atoms with van der Waals surface area (Å²) < 4.78 is 33.9. The smallest absolute Gasteiger partial charge is 0.281 e. The number of halogens is 2. The van der Waals surface area contributed by atoms with Gasteiger partial charge in [0.2, 0.25) is 5.56 Å². The predicted molar refractivity (Wildman–Crippen MR) is 145 cm³/mol. The van der Waals surface area contributed by atoms with Gasteiger partial charge in [-0.3, -0.25) is 4.79 Å². The number of ether oxygens (including phenoxy) is 1. The summed E-state index contributed by atoms with van der Waals surface area (Å²) in [5.74, 6) is -2.28. The fraction of sp³-hybridized carbons (Fsp3) is 0.323. The van der Waals surface area contributed by atoms with Gasteiger partial charge in [0.25, 0.3) is 5.92 Å². The Balaban J connectivity index is 1.25. The SMILES string of the molecule is CC(CCC(O)c1ccc(O)c2[nH]c(=O)ccc12)Cc1ccc(OCC(F)(F)CCc2ccccc2)cc1. The van der Waals surface area contributed by atoms with Gasteiger partial charge in [0.15, 0.2) is 6.61 Å². The van der Waals surface area contributed by atoms with Crippen LogP contribution in [0.25, 0.3) is 10.9 Å². The van der Waals surface area contributed by atoms with Crippen LogP contribution in [0.1, 0.15) is 49.0 Å². The number of aliphatic hydroxyl groups is 1. The Morgan fingerprint density at radius 3 is 2.39 bits per heavy atom. The summed E-state index contributed by atoms with van der Waals surface area (Å²) in [6, 6.07) is 22.6. The number of pyridine rings is 1. The number of alkyl halides is 2. The minimum absolute atomic E-state index is 0.0367. The molecule has 0 aliphatic heterocycles. The van der Waals surface area contributed by atoms with E-state index in [-0.39, 0.29) is 23.6 Å². The zero-order chi connectivity index (χ0) is 27.1. The molecule has 0 spiro atoms. The first kappa shape index (κ1) is 27.3. The lowest BCUT2D eigenvalue weighted by atomic mass is 9.92. The van der Waals surface area contributed by atoms with Crippen molar-refractivity contribution in [2.75, 3.05) is 6.61 Å². The minimum Gasteiger partial charge on any atom is -0.506 e. The van der Waals surface area contributed by atoms with Crippen molar-refractivity contribution >= 4 is 10.9 Å². The van der Waals surface area contributed by atoms with Crippen LogP contribution in [-0.2, 0) is 12.8 Å². The lowest BCUT2D eigenvalue weighted by Gasteiger charge is -2.18. The topological polar surface area (TPSA) is 82.5 Å². The molecule has 0 bridgehead atoms. The molecule has 38 heavy (non-hydrogen) atoms. The summed E-state index contributed by atoms with van der Waals surface area (Å²) in [5.41, 5.74) is 2.59. The number of aliphatic hydroxyl groups excluding tert-OH is 1. The molecule has 2 atom stereocenters. The Labute approximate surface area is 220 Å². The van der Waals surface area contributed by atoms with Gasteiger partial charge in [-0.1, -0.05) is 55.5 Å². The molecular weight excluding hydrogens is 488 g/mol. The number of fused-ring (bicyclic) bond motifs is 1. The van der Waals surface area contributed by atoms with E-state index in [9.17, 15) is 23.8 Å². The third-order valence-electron chi connectivity index (χ3n) is 6.78. The lowest BCUT2D eigenvalue weighted by Crippen LogP contribution is -2.26. The highest BCUT2D eigenvalue weighted by Crippen LogP contribution is 2.32. The molecule has 2 unspecified atom stereocenters. The minimum atomic E-state index is -2.91. The molecule has 4 rings (SSSR count). The van der Waals surface area contributed by atoms with Gasteiger partial charge in [-0.25, -0.2) is 8.78 Å². The molecule has 1 aromatic heterocycles. The fourth-order valence-corrected chi connectivity index (χ4v) is 4.61. The second-order valence-corrected chi connectivity index (χ2v) is 9.96. The predicted octanol–water partition coefficient (Wildman–Crippen LogP) is 6.57. The molecule has 200 valence electrons. The summed E-state index contributed by atoms with van der Waals surface area (Å²) in [4.78, 5) is 14.2. The number of aryl methyl sites for hydroxylation is 1. The van der Waals surface area contributed by atoms with Gasteiger partial charge in [-0.15, -0.1) is 0 Å². The first-order valence-corrected chi connectivity index (χ1v) is 12.9. The van der Waals surface area contributed by atoms with Gasteiger partial charge in [-0.2, -0.15) is 0 Å². The van der Waals surface area contributed by atoms with E-state index in [4.69, 9.17) is 4.74 Å². The average molecular weight is 522 g/mol. The van der Waals surface area contributed by atoms with Crippen LogP contribution in [0, 0.1) is 5.92 Å². The van der Waals surface area contributed by atoms with Crippen molar-refractivity contribution in [1.82, 2.24) is 4.98 Å². The molecule has 4 aromatic rings. The van der Waals surface area contributed by atoms with Gasteiger partial charge < -0.3 is 19.9 Å². The summed E-state index contributed by atoms with van der Waals surface area (Å²) >= 11 is 0. The maximum Gasteiger partial charge on any atom is 0.281 e. The van der Waals surface area contributed by atoms with E-state index in [0.29, 0.717) is 35.1 Å². The summed E-state index contributed by atoms with van der Waals surface area (Å²) in [7, 11) is 0. The van der Waals surface area contributed by atoms with Crippen LogP contribution in [0.2, 0.25) is 0 Å². The first-order chi connectivity index (χ1) is 18.2. The molecule has 0 saturated carbocycles. The number of aromatic amines is 1. The molecule has 0 radical (unpaired) electrons. The standard InChI is InChI=1S/C31H33F2NO4/c1-21(7-14-27(35)25-12-15-28(36)30-26(25)13-16-29(37)34-30)19-23-8-10-24(11-9-23)38-20-31(32,33)18-17-22-5-3-2-4-6-22/h2-6,8-13,15-16,21,27,35-36H,7,14,17-20H2,1H3,(H,34,37). The van der Waals surface area contributed by atoms with Crippen LogP contribution >= 0.6 is 0 Å². The van der Waals surface area contributed by atoms with Gasteiger partial charge in [0, 0.05) is 17.9 Å². The van der Waals surface area contributed by atoms with Crippen LogP contribution in [0.3, 0.4) is 0 Å². The molecule has 0 aliphatic rings. The number of hydrogen-bond acceptors (Lipinski definition) is 4. The van der Waals surface area contributed by atoms with Crippen LogP contribution in [0.15, 0.2) is 83.7 Å². The molecule has 0 fully saturated rings. The molecule has 0 amide bonds. The highest BCUT2D eigenvalue weighted by atomic mass is 19.3. The lowest BCUT2D eigenvalue weighted by molar-refractivity contribution is -0.0473. The van der Waals surface area contributed by atoms with Crippen LogP contribution < -0.4 is 10.3 Å². The molecule has 5 nitrogen and oxygen atoms in total. The average Bonchev–Trinajstić information content (AvgIpc) is 2.91. The Morgan fingerprint density at radius 1 is 0.921 bits per heavy atom. The third-order valence-corrected chi connectivity index (χ3v) is 6.78. The number of benzene rings is 3. The van der Waals surface area contributed by atoms with Crippen molar-refractivity contribution < 1.29 is 23.7 Å². The number of rotatable bonds is 12.